The van der Waals surface area contributed by atoms with Crippen molar-refractivity contribution in [2.75, 3.05) is 32.7 Å². The summed E-state index contributed by atoms with van der Waals surface area (Å²) >= 11 is 0. The number of carbonyl (C=O) groups excluding carboxylic acids is 1. The number of aromatic nitrogens is 1. The highest BCUT2D eigenvalue weighted by Gasteiger charge is 2.21. The van der Waals surface area contributed by atoms with Crippen molar-refractivity contribution in [3.05, 3.63) is 71.4 Å². The van der Waals surface area contributed by atoms with E-state index in [1.54, 1.807) is 0 Å². The van der Waals surface area contributed by atoms with Gasteiger partial charge in [0.1, 0.15) is 0 Å². The molecule has 0 unspecified atom stereocenters. The lowest BCUT2D eigenvalue weighted by Gasteiger charge is -2.34. The van der Waals surface area contributed by atoms with E-state index in [1.807, 2.05) is 54.7 Å². The molecule has 3 aromatic rings. The minimum atomic E-state index is 0.174. The number of piperazine rings is 1. The number of ketones is 1. The monoisotopic (exact) mass is 358 g/mol. The maximum atomic E-state index is 12.7. The number of para-hydroxylation sites is 1. The Bertz CT molecular complexity index is 975. The van der Waals surface area contributed by atoms with Crippen molar-refractivity contribution in [1.82, 2.24) is 14.8 Å². The Morgan fingerprint density at radius 1 is 1.00 bits per heavy atom. The number of nitriles is 1. The van der Waals surface area contributed by atoms with E-state index in [2.05, 4.69) is 20.9 Å². The predicted octanol–water partition coefficient (Wildman–Crippen LogP) is 3.04. The second-order valence-corrected chi connectivity index (χ2v) is 7.03. The van der Waals surface area contributed by atoms with Crippen LogP contribution in [0.3, 0.4) is 0 Å². The number of carbonyl (C=O) groups is 1. The number of nitrogens with one attached hydrogen (secondary N) is 1. The van der Waals surface area contributed by atoms with Crippen LogP contribution < -0.4 is 0 Å². The van der Waals surface area contributed by atoms with Crippen LogP contribution in [-0.4, -0.2) is 53.3 Å². The van der Waals surface area contributed by atoms with Gasteiger partial charge in [0.25, 0.3) is 0 Å². The van der Waals surface area contributed by atoms with Gasteiger partial charge in [0.15, 0.2) is 5.78 Å². The molecule has 136 valence electrons. The van der Waals surface area contributed by atoms with E-state index in [9.17, 15) is 4.79 Å². The van der Waals surface area contributed by atoms with Crippen LogP contribution in [0.5, 0.6) is 0 Å². The van der Waals surface area contributed by atoms with Gasteiger partial charge in [0.05, 0.1) is 18.2 Å². The highest BCUT2D eigenvalue weighted by molar-refractivity contribution is 6.08. The Morgan fingerprint density at radius 3 is 2.44 bits per heavy atom. The zero-order valence-corrected chi connectivity index (χ0v) is 15.2. The summed E-state index contributed by atoms with van der Waals surface area (Å²) < 4.78 is 0. The second kappa shape index (κ2) is 7.75. The lowest BCUT2D eigenvalue weighted by atomic mass is 10.1. The average Bonchev–Trinajstić information content (AvgIpc) is 3.14. The van der Waals surface area contributed by atoms with E-state index >= 15 is 0 Å². The fraction of sp³-hybridized carbons (Fsp3) is 0.273. The smallest absolute Gasteiger partial charge is 0.178 e. The fourth-order valence-electron chi connectivity index (χ4n) is 3.64. The summed E-state index contributed by atoms with van der Waals surface area (Å²) in [7, 11) is 0. The molecule has 0 saturated carbocycles. The zero-order chi connectivity index (χ0) is 18.6. The summed E-state index contributed by atoms with van der Waals surface area (Å²) in [6.45, 7) is 5.03. The minimum Gasteiger partial charge on any atom is -0.360 e. The Labute approximate surface area is 158 Å². The molecule has 0 spiro atoms. The SMILES string of the molecule is N#Cc1ccc(CN2CCN(CC(=O)c3c[nH]c4ccccc34)CC2)cc1. The van der Waals surface area contributed by atoms with Crippen LogP contribution in [0.1, 0.15) is 21.5 Å². The molecule has 4 rings (SSSR count). The Kier molecular flexibility index (Phi) is 5.01. The predicted molar refractivity (Wildman–Crippen MR) is 106 cm³/mol. The molecule has 2 aromatic carbocycles. The van der Waals surface area contributed by atoms with Crippen LogP contribution in [0.15, 0.2) is 54.7 Å². The van der Waals surface area contributed by atoms with E-state index < -0.39 is 0 Å². The van der Waals surface area contributed by atoms with Crippen LogP contribution in [0.4, 0.5) is 0 Å². The standard InChI is InChI=1S/C22H22N4O/c23-13-17-5-7-18(8-6-17)15-25-9-11-26(12-10-25)16-22(27)20-14-24-21-4-2-1-3-19(20)21/h1-8,14,24H,9-12,15-16H2. The number of aromatic amines is 1. The molecule has 0 bridgehead atoms. The van der Waals surface area contributed by atoms with Gasteiger partial charge >= 0.3 is 0 Å². The van der Waals surface area contributed by atoms with Crippen molar-refractivity contribution < 1.29 is 4.79 Å². The summed E-state index contributed by atoms with van der Waals surface area (Å²) in [6, 6.07) is 17.8. The lowest BCUT2D eigenvalue weighted by molar-refractivity contribution is 0.0845. The van der Waals surface area contributed by atoms with E-state index in [1.165, 1.54) is 5.56 Å². The summed E-state index contributed by atoms with van der Waals surface area (Å²) in [5, 5.41) is 9.88. The van der Waals surface area contributed by atoms with Crippen LogP contribution >= 0.6 is 0 Å². The fourth-order valence-corrected chi connectivity index (χ4v) is 3.64. The molecular formula is C22H22N4O. The number of rotatable bonds is 5. The van der Waals surface area contributed by atoms with Gasteiger partial charge in [-0.2, -0.15) is 5.26 Å². The minimum absolute atomic E-state index is 0.174. The molecule has 1 fully saturated rings. The van der Waals surface area contributed by atoms with Gasteiger partial charge in [0, 0.05) is 55.4 Å². The largest absolute Gasteiger partial charge is 0.360 e. The van der Waals surface area contributed by atoms with Gasteiger partial charge in [-0.25, -0.2) is 0 Å². The maximum Gasteiger partial charge on any atom is 0.178 e. The van der Waals surface area contributed by atoms with Gasteiger partial charge in [-0.15, -0.1) is 0 Å². The number of nitrogens with zero attached hydrogens (tertiary/aromatic N) is 3. The van der Waals surface area contributed by atoms with Crippen LogP contribution in [0, 0.1) is 11.3 Å². The molecule has 1 aliphatic heterocycles. The lowest BCUT2D eigenvalue weighted by Crippen LogP contribution is -2.47. The van der Waals surface area contributed by atoms with E-state index in [-0.39, 0.29) is 5.78 Å². The number of benzene rings is 2. The van der Waals surface area contributed by atoms with Crippen LogP contribution in [-0.2, 0) is 6.54 Å². The normalized spacial score (nSPS) is 15.7. The van der Waals surface area contributed by atoms with Crippen molar-refractivity contribution in [3.63, 3.8) is 0 Å². The summed E-state index contributed by atoms with van der Waals surface area (Å²) in [6.07, 6.45) is 1.83. The van der Waals surface area contributed by atoms with Gasteiger partial charge in [-0.05, 0) is 23.8 Å². The molecule has 5 nitrogen and oxygen atoms in total. The number of H-pyrrole nitrogens is 1. The number of Topliss-reactive ketones (excluding diaryl/α,β-unsaturated/α-hetero) is 1. The molecule has 27 heavy (non-hydrogen) atoms. The van der Waals surface area contributed by atoms with E-state index in [0.717, 1.165) is 49.2 Å². The van der Waals surface area contributed by atoms with Gasteiger partial charge in [-0.3, -0.25) is 14.6 Å². The van der Waals surface area contributed by atoms with E-state index in [4.69, 9.17) is 5.26 Å². The van der Waals surface area contributed by atoms with Crippen LogP contribution in [0.25, 0.3) is 10.9 Å². The van der Waals surface area contributed by atoms with Gasteiger partial charge in [-0.1, -0.05) is 30.3 Å². The average molecular weight is 358 g/mol. The van der Waals surface area contributed by atoms with Crippen molar-refractivity contribution in [1.29, 1.82) is 5.26 Å². The van der Waals surface area contributed by atoms with Crippen molar-refractivity contribution in [2.24, 2.45) is 0 Å². The molecular weight excluding hydrogens is 336 g/mol. The number of hydrogen-bond acceptors (Lipinski definition) is 4. The van der Waals surface area contributed by atoms with Gasteiger partial charge in [0.2, 0.25) is 0 Å². The Balaban J connectivity index is 1.31. The Morgan fingerprint density at radius 2 is 1.70 bits per heavy atom. The molecule has 0 radical (unpaired) electrons. The zero-order valence-electron chi connectivity index (χ0n) is 15.2. The number of hydrogen-bond donors (Lipinski definition) is 1. The van der Waals surface area contributed by atoms with Crippen molar-refractivity contribution in [3.8, 4) is 6.07 Å². The molecule has 1 N–H and O–H groups in total. The number of fused-ring (bicyclic) bond motifs is 1. The first-order chi connectivity index (χ1) is 13.2. The first kappa shape index (κ1) is 17.5. The molecule has 2 heterocycles. The summed E-state index contributed by atoms with van der Waals surface area (Å²) in [5.41, 5.74) is 3.70. The molecule has 0 aliphatic carbocycles. The highest BCUT2D eigenvalue weighted by Crippen LogP contribution is 2.19. The third-order valence-corrected chi connectivity index (χ3v) is 5.21. The summed E-state index contributed by atoms with van der Waals surface area (Å²) in [5.74, 6) is 0.174. The molecule has 1 aromatic heterocycles. The molecule has 0 atom stereocenters. The van der Waals surface area contributed by atoms with Gasteiger partial charge < -0.3 is 4.98 Å². The first-order valence-corrected chi connectivity index (χ1v) is 9.26. The molecule has 1 aliphatic rings. The first-order valence-electron chi connectivity index (χ1n) is 9.26. The molecule has 0 amide bonds. The topological polar surface area (TPSA) is 63.1 Å². The highest BCUT2D eigenvalue weighted by atomic mass is 16.1. The van der Waals surface area contributed by atoms with Crippen LogP contribution in [0.2, 0.25) is 0 Å². The second-order valence-electron chi connectivity index (χ2n) is 7.03. The quantitative estimate of drug-likeness (QED) is 0.712. The van der Waals surface area contributed by atoms with Crippen molar-refractivity contribution in [2.45, 2.75) is 6.54 Å². The maximum absolute atomic E-state index is 12.7. The third-order valence-electron chi connectivity index (χ3n) is 5.21. The molecule has 1 saturated heterocycles. The van der Waals surface area contributed by atoms with E-state index in [0.29, 0.717) is 12.1 Å². The summed E-state index contributed by atoms with van der Waals surface area (Å²) in [4.78, 5) is 20.5. The third kappa shape index (κ3) is 3.92. The molecule has 5 heteroatoms. The Hall–Kier alpha value is -2.94. The van der Waals surface area contributed by atoms with Crippen molar-refractivity contribution >= 4 is 16.7 Å².